The monoisotopic (exact) mass is 231 g/mol. The van der Waals surface area contributed by atoms with Crippen molar-refractivity contribution in [3.05, 3.63) is 29.3 Å². The third-order valence-electron chi connectivity index (χ3n) is 2.69. The van der Waals surface area contributed by atoms with Gasteiger partial charge in [0.1, 0.15) is 11.9 Å². The van der Waals surface area contributed by atoms with Gasteiger partial charge in [0, 0.05) is 6.54 Å². The molecule has 1 aromatic carbocycles. The molecule has 0 fully saturated rings. The van der Waals surface area contributed by atoms with Crippen molar-refractivity contribution in [1.29, 1.82) is 0 Å². The summed E-state index contributed by atoms with van der Waals surface area (Å²) in [5.74, 6) is 0.316. The molecule has 1 aromatic rings. The molecule has 1 aliphatic rings. The van der Waals surface area contributed by atoms with Gasteiger partial charge in [-0.1, -0.05) is 6.07 Å². The van der Waals surface area contributed by atoms with Gasteiger partial charge in [0.05, 0.1) is 5.56 Å². The molecular formula is C11H12F3NO. The molecule has 16 heavy (non-hydrogen) atoms. The predicted octanol–water partition coefficient (Wildman–Crippen LogP) is 2.36. The largest absolute Gasteiger partial charge is 0.489 e. The molecule has 0 amide bonds. The third kappa shape index (κ3) is 2.14. The van der Waals surface area contributed by atoms with E-state index >= 15 is 0 Å². The minimum Gasteiger partial charge on any atom is -0.489 e. The van der Waals surface area contributed by atoms with Crippen LogP contribution in [0.5, 0.6) is 5.75 Å². The summed E-state index contributed by atoms with van der Waals surface area (Å²) in [5, 5.41) is 0. The molecule has 1 aliphatic heterocycles. The quantitative estimate of drug-likeness (QED) is 0.805. The van der Waals surface area contributed by atoms with E-state index in [4.69, 9.17) is 10.5 Å². The highest BCUT2D eigenvalue weighted by Crippen LogP contribution is 2.35. The lowest BCUT2D eigenvalue weighted by Gasteiger charge is -2.25. The second kappa shape index (κ2) is 3.97. The first-order valence-corrected chi connectivity index (χ1v) is 5.07. The van der Waals surface area contributed by atoms with Crippen LogP contribution in [0.1, 0.15) is 17.5 Å². The summed E-state index contributed by atoms with van der Waals surface area (Å²) in [6, 6.07) is 3.62. The number of halogens is 3. The summed E-state index contributed by atoms with van der Waals surface area (Å²) in [6.07, 6.45) is -3.02. The van der Waals surface area contributed by atoms with Crippen LogP contribution in [-0.2, 0) is 12.6 Å². The van der Waals surface area contributed by atoms with E-state index in [-0.39, 0.29) is 6.10 Å². The highest BCUT2D eigenvalue weighted by Gasteiger charge is 2.32. The second-order valence-electron chi connectivity index (χ2n) is 3.83. The topological polar surface area (TPSA) is 35.2 Å². The number of hydrogen-bond acceptors (Lipinski definition) is 2. The van der Waals surface area contributed by atoms with Crippen LogP contribution in [0, 0.1) is 0 Å². The van der Waals surface area contributed by atoms with E-state index in [0.717, 1.165) is 30.5 Å². The van der Waals surface area contributed by atoms with Gasteiger partial charge in [-0.25, -0.2) is 0 Å². The van der Waals surface area contributed by atoms with Crippen LogP contribution in [0.3, 0.4) is 0 Å². The highest BCUT2D eigenvalue weighted by molar-refractivity contribution is 5.40. The Morgan fingerprint density at radius 2 is 2.12 bits per heavy atom. The predicted molar refractivity (Wildman–Crippen MR) is 53.2 cm³/mol. The number of hydrogen-bond donors (Lipinski definition) is 1. The molecule has 0 radical (unpaired) electrons. The zero-order valence-electron chi connectivity index (χ0n) is 8.55. The summed E-state index contributed by atoms with van der Waals surface area (Å²) >= 11 is 0. The van der Waals surface area contributed by atoms with Crippen LogP contribution in [0.2, 0.25) is 0 Å². The SMILES string of the molecule is NC[C@@H]1CCc2ccc(C(F)(F)F)cc2O1. The van der Waals surface area contributed by atoms with Crippen molar-refractivity contribution in [2.45, 2.75) is 25.1 Å². The van der Waals surface area contributed by atoms with Crippen molar-refractivity contribution in [1.82, 2.24) is 0 Å². The molecule has 2 nitrogen and oxygen atoms in total. The maximum atomic E-state index is 12.5. The number of rotatable bonds is 1. The summed E-state index contributed by atoms with van der Waals surface area (Å²) in [5.41, 5.74) is 5.58. The van der Waals surface area contributed by atoms with Gasteiger partial charge >= 0.3 is 6.18 Å². The first-order chi connectivity index (χ1) is 7.50. The zero-order chi connectivity index (χ0) is 11.8. The highest BCUT2D eigenvalue weighted by atomic mass is 19.4. The van der Waals surface area contributed by atoms with Gasteiger partial charge in [-0.05, 0) is 30.5 Å². The fourth-order valence-electron chi connectivity index (χ4n) is 1.77. The Hall–Kier alpha value is -1.23. The van der Waals surface area contributed by atoms with E-state index in [2.05, 4.69) is 0 Å². The molecule has 1 heterocycles. The van der Waals surface area contributed by atoms with Crippen molar-refractivity contribution >= 4 is 0 Å². The van der Waals surface area contributed by atoms with Crippen molar-refractivity contribution in [2.24, 2.45) is 5.73 Å². The van der Waals surface area contributed by atoms with Crippen LogP contribution in [0.25, 0.3) is 0 Å². The molecule has 0 spiro atoms. The molecule has 0 aromatic heterocycles. The van der Waals surface area contributed by atoms with Crippen LogP contribution < -0.4 is 10.5 Å². The van der Waals surface area contributed by atoms with Gasteiger partial charge in [-0.2, -0.15) is 13.2 Å². The smallest absolute Gasteiger partial charge is 0.416 e. The van der Waals surface area contributed by atoms with Crippen LogP contribution in [0.15, 0.2) is 18.2 Å². The van der Waals surface area contributed by atoms with E-state index in [1.807, 2.05) is 0 Å². The minimum absolute atomic E-state index is 0.170. The maximum absolute atomic E-state index is 12.5. The molecular weight excluding hydrogens is 219 g/mol. The molecule has 0 unspecified atom stereocenters. The Balaban J connectivity index is 2.31. The van der Waals surface area contributed by atoms with Crippen LogP contribution in [-0.4, -0.2) is 12.6 Å². The Morgan fingerprint density at radius 1 is 1.38 bits per heavy atom. The van der Waals surface area contributed by atoms with Gasteiger partial charge in [0.15, 0.2) is 0 Å². The number of aryl methyl sites for hydroxylation is 1. The molecule has 2 rings (SSSR count). The van der Waals surface area contributed by atoms with E-state index in [9.17, 15) is 13.2 Å². The Kier molecular flexibility index (Phi) is 2.80. The number of ether oxygens (including phenoxy) is 1. The van der Waals surface area contributed by atoms with E-state index in [1.165, 1.54) is 6.07 Å². The number of nitrogens with two attached hydrogens (primary N) is 1. The van der Waals surface area contributed by atoms with E-state index in [1.54, 1.807) is 0 Å². The lowest BCUT2D eigenvalue weighted by atomic mass is 10.0. The van der Waals surface area contributed by atoms with E-state index in [0.29, 0.717) is 12.3 Å². The van der Waals surface area contributed by atoms with E-state index < -0.39 is 11.7 Å². The average molecular weight is 231 g/mol. The Labute approximate surface area is 91.2 Å². The van der Waals surface area contributed by atoms with Crippen molar-refractivity contribution < 1.29 is 17.9 Å². The normalized spacial score (nSPS) is 20.1. The molecule has 0 aliphatic carbocycles. The van der Waals surface area contributed by atoms with Crippen molar-refractivity contribution in [3.8, 4) is 5.75 Å². The molecule has 5 heteroatoms. The van der Waals surface area contributed by atoms with Gasteiger partial charge in [0.25, 0.3) is 0 Å². The summed E-state index contributed by atoms with van der Waals surface area (Å²) < 4.78 is 42.8. The fraction of sp³-hybridized carbons (Fsp3) is 0.455. The fourth-order valence-corrected chi connectivity index (χ4v) is 1.77. The molecule has 0 saturated heterocycles. The van der Waals surface area contributed by atoms with Crippen LogP contribution in [0.4, 0.5) is 13.2 Å². The average Bonchev–Trinajstić information content (AvgIpc) is 2.26. The Morgan fingerprint density at radius 3 is 2.75 bits per heavy atom. The number of benzene rings is 1. The maximum Gasteiger partial charge on any atom is 0.416 e. The van der Waals surface area contributed by atoms with Gasteiger partial charge < -0.3 is 10.5 Å². The first kappa shape index (κ1) is 11.3. The third-order valence-corrected chi connectivity index (χ3v) is 2.69. The lowest BCUT2D eigenvalue weighted by Crippen LogP contribution is -2.30. The Bertz CT molecular complexity index is 389. The summed E-state index contributed by atoms with van der Waals surface area (Å²) in [7, 11) is 0. The number of fused-ring (bicyclic) bond motifs is 1. The standard InChI is InChI=1S/C11H12F3NO/c12-11(13,14)8-3-1-7-2-4-9(6-15)16-10(7)5-8/h1,3,5,9H,2,4,6,15H2/t9-/m0/s1. The van der Waals surface area contributed by atoms with Gasteiger partial charge in [-0.3, -0.25) is 0 Å². The molecule has 2 N–H and O–H groups in total. The van der Waals surface area contributed by atoms with Crippen molar-refractivity contribution in [3.63, 3.8) is 0 Å². The summed E-state index contributed by atoms with van der Waals surface area (Å²) in [4.78, 5) is 0. The molecule has 0 bridgehead atoms. The lowest BCUT2D eigenvalue weighted by molar-refractivity contribution is -0.137. The van der Waals surface area contributed by atoms with Crippen LogP contribution >= 0.6 is 0 Å². The molecule has 1 atom stereocenters. The van der Waals surface area contributed by atoms with Gasteiger partial charge in [0.2, 0.25) is 0 Å². The zero-order valence-corrected chi connectivity index (χ0v) is 8.55. The summed E-state index contributed by atoms with van der Waals surface area (Å²) in [6.45, 7) is 0.329. The van der Waals surface area contributed by atoms with Crippen molar-refractivity contribution in [2.75, 3.05) is 6.54 Å². The first-order valence-electron chi connectivity index (χ1n) is 5.07. The number of alkyl halides is 3. The molecule has 88 valence electrons. The van der Waals surface area contributed by atoms with Gasteiger partial charge in [-0.15, -0.1) is 0 Å². The second-order valence-corrected chi connectivity index (χ2v) is 3.83. The minimum atomic E-state index is -4.33. The molecule has 0 saturated carbocycles.